The molecule has 2 rings (SSSR count). The second-order valence-corrected chi connectivity index (χ2v) is 6.00. The van der Waals surface area contributed by atoms with Gasteiger partial charge in [-0.05, 0) is 42.9 Å². The minimum absolute atomic E-state index is 0.0996. The van der Waals surface area contributed by atoms with Crippen molar-refractivity contribution in [2.24, 2.45) is 11.7 Å². The van der Waals surface area contributed by atoms with Crippen LogP contribution in [0.5, 0.6) is 0 Å². The van der Waals surface area contributed by atoms with Crippen LogP contribution >= 0.6 is 0 Å². The molecule has 22 heavy (non-hydrogen) atoms. The molecule has 1 heterocycles. The zero-order chi connectivity index (χ0) is 15.9. The molecular formula is C17H25N3O2. The van der Waals surface area contributed by atoms with E-state index in [0.717, 1.165) is 37.9 Å². The number of amides is 3. The van der Waals surface area contributed by atoms with E-state index in [9.17, 15) is 9.59 Å². The van der Waals surface area contributed by atoms with Crippen molar-refractivity contribution in [3.05, 3.63) is 29.8 Å². The van der Waals surface area contributed by atoms with Crippen LogP contribution in [0.4, 0.5) is 10.5 Å². The van der Waals surface area contributed by atoms with Crippen molar-refractivity contribution >= 4 is 17.6 Å². The van der Waals surface area contributed by atoms with Gasteiger partial charge in [-0.25, -0.2) is 4.79 Å². The molecule has 1 atom stereocenters. The summed E-state index contributed by atoms with van der Waals surface area (Å²) in [5.74, 6) is -0.109. The van der Waals surface area contributed by atoms with Crippen LogP contribution in [0.1, 0.15) is 38.2 Å². The number of primary amides is 1. The van der Waals surface area contributed by atoms with Gasteiger partial charge in [0.05, 0.1) is 0 Å². The monoisotopic (exact) mass is 303 g/mol. The standard InChI is InChI=1S/C17H25N3O2/c1-2-4-13-6-8-15(9-7-13)19-17(22)20-10-3-5-14(12-20)11-16(18)21/h6-9,14H,2-5,10-12H2,1H3,(H2,18,21)(H,19,22)/t14-/m1/s1. The van der Waals surface area contributed by atoms with E-state index in [1.807, 2.05) is 24.3 Å². The highest BCUT2D eigenvalue weighted by atomic mass is 16.2. The van der Waals surface area contributed by atoms with Gasteiger partial charge in [-0.3, -0.25) is 4.79 Å². The van der Waals surface area contributed by atoms with E-state index in [1.54, 1.807) is 4.90 Å². The number of anilines is 1. The van der Waals surface area contributed by atoms with Gasteiger partial charge in [-0.15, -0.1) is 0 Å². The molecule has 5 nitrogen and oxygen atoms in total. The van der Waals surface area contributed by atoms with Gasteiger partial charge in [0.15, 0.2) is 0 Å². The fourth-order valence-corrected chi connectivity index (χ4v) is 2.95. The predicted molar refractivity (Wildman–Crippen MR) is 87.6 cm³/mol. The molecule has 1 aromatic rings. The average Bonchev–Trinajstić information content (AvgIpc) is 2.49. The minimum Gasteiger partial charge on any atom is -0.370 e. The lowest BCUT2D eigenvalue weighted by Gasteiger charge is -2.32. The molecule has 0 spiro atoms. The van der Waals surface area contributed by atoms with E-state index in [0.29, 0.717) is 13.0 Å². The van der Waals surface area contributed by atoms with Gasteiger partial charge in [0.1, 0.15) is 0 Å². The Morgan fingerprint density at radius 3 is 2.68 bits per heavy atom. The van der Waals surface area contributed by atoms with Crippen LogP contribution < -0.4 is 11.1 Å². The topological polar surface area (TPSA) is 75.4 Å². The Kier molecular flexibility index (Phi) is 5.81. The molecule has 0 unspecified atom stereocenters. The molecule has 5 heteroatoms. The maximum Gasteiger partial charge on any atom is 0.321 e. The zero-order valence-electron chi connectivity index (χ0n) is 13.2. The van der Waals surface area contributed by atoms with Crippen molar-refractivity contribution < 1.29 is 9.59 Å². The van der Waals surface area contributed by atoms with E-state index >= 15 is 0 Å². The molecule has 1 fully saturated rings. The van der Waals surface area contributed by atoms with Gasteiger partial charge in [0.2, 0.25) is 5.91 Å². The van der Waals surface area contributed by atoms with Crippen molar-refractivity contribution in [1.82, 2.24) is 4.90 Å². The van der Waals surface area contributed by atoms with E-state index in [-0.39, 0.29) is 17.9 Å². The van der Waals surface area contributed by atoms with Crippen LogP contribution in [-0.4, -0.2) is 29.9 Å². The Bertz CT molecular complexity index is 513. The zero-order valence-corrected chi connectivity index (χ0v) is 13.2. The molecule has 0 bridgehead atoms. The summed E-state index contributed by atoms with van der Waals surface area (Å²) in [5.41, 5.74) is 7.33. The predicted octanol–water partition coefficient (Wildman–Crippen LogP) is 2.76. The number of carbonyl (C=O) groups is 2. The Morgan fingerprint density at radius 2 is 2.05 bits per heavy atom. The summed E-state index contributed by atoms with van der Waals surface area (Å²) < 4.78 is 0. The summed E-state index contributed by atoms with van der Waals surface area (Å²) in [5, 5.41) is 2.93. The van der Waals surface area contributed by atoms with Crippen molar-refractivity contribution in [1.29, 1.82) is 0 Å². The first-order valence-electron chi connectivity index (χ1n) is 8.01. The number of hydrogen-bond acceptors (Lipinski definition) is 2. The molecule has 3 N–H and O–H groups in total. The summed E-state index contributed by atoms with van der Waals surface area (Å²) in [6.07, 6.45) is 4.39. The Morgan fingerprint density at radius 1 is 1.32 bits per heavy atom. The first-order valence-corrected chi connectivity index (χ1v) is 8.01. The van der Waals surface area contributed by atoms with Crippen LogP contribution in [0.25, 0.3) is 0 Å². The van der Waals surface area contributed by atoms with Crippen molar-refractivity contribution in [3.8, 4) is 0 Å². The normalized spacial score (nSPS) is 18.0. The lowest BCUT2D eigenvalue weighted by molar-refractivity contribution is -0.119. The van der Waals surface area contributed by atoms with Gasteiger partial charge >= 0.3 is 6.03 Å². The lowest BCUT2D eigenvalue weighted by atomic mass is 9.95. The first kappa shape index (κ1) is 16.3. The Hall–Kier alpha value is -2.04. The number of piperidine rings is 1. The number of benzene rings is 1. The first-order chi connectivity index (χ1) is 10.6. The number of nitrogens with one attached hydrogen (secondary N) is 1. The summed E-state index contributed by atoms with van der Waals surface area (Å²) >= 11 is 0. The van der Waals surface area contributed by atoms with Crippen LogP contribution in [-0.2, 0) is 11.2 Å². The molecule has 0 aliphatic carbocycles. The summed E-state index contributed by atoms with van der Waals surface area (Å²) in [6, 6.07) is 7.87. The second kappa shape index (κ2) is 7.82. The molecular weight excluding hydrogens is 278 g/mol. The van der Waals surface area contributed by atoms with Gasteiger partial charge in [-0.2, -0.15) is 0 Å². The number of nitrogens with two attached hydrogens (primary N) is 1. The van der Waals surface area contributed by atoms with Gasteiger partial charge in [0, 0.05) is 25.2 Å². The minimum atomic E-state index is -0.293. The van der Waals surface area contributed by atoms with Crippen LogP contribution in [0.2, 0.25) is 0 Å². The number of rotatable bonds is 5. The molecule has 0 radical (unpaired) electrons. The Labute approximate surface area is 131 Å². The van der Waals surface area contributed by atoms with E-state index in [4.69, 9.17) is 5.73 Å². The third-order valence-electron chi connectivity index (χ3n) is 4.04. The number of aryl methyl sites for hydroxylation is 1. The molecule has 1 aliphatic rings. The van der Waals surface area contributed by atoms with Gasteiger partial charge in [-0.1, -0.05) is 25.5 Å². The van der Waals surface area contributed by atoms with E-state index < -0.39 is 0 Å². The van der Waals surface area contributed by atoms with Crippen LogP contribution in [0.15, 0.2) is 24.3 Å². The largest absolute Gasteiger partial charge is 0.370 e. The highest BCUT2D eigenvalue weighted by Crippen LogP contribution is 2.20. The molecule has 1 aliphatic heterocycles. The highest BCUT2D eigenvalue weighted by molar-refractivity contribution is 5.89. The van der Waals surface area contributed by atoms with Crippen LogP contribution in [0, 0.1) is 5.92 Å². The maximum atomic E-state index is 12.3. The van der Waals surface area contributed by atoms with Gasteiger partial charge in [0.25, 0.3) is 0 Å². The Balaban J connectivity index is 1.89. The van der Waals surface area contributed by atoms with Gasteiger partial charge < -0.3 is 16.0 Å². The third-order valence-corrected chi connectivity index (χ3v) is 4.04. The fraction of sp³-hybridized carbons (Fsp3) is 0.529. The smallest absolute Gasteiger partial charge is 0.321 e. The molecule has 3 amide bonds. The number of carbonyl (C=O) groups excluding carboxylic acids is 2. The van der Waals surface area contributed by atoms with Crippen LogP contribution in [0.3, 0.4) is 0 Å². The number of hydrogen-bond donors (Lipinski definition) is 2. The number of urea groups is 1. The van der Waals surface area contributed by atoms with Crippen molar-refractivity contribution in [3.63, 3.8) is 0 Å². The molecule has 1 saturated heterocycles. The number of nitrogens with zero attached hydrogens (tertiary/aromatic N) is 1. The summed E-state index contributed by atoms with van der Waals surface area (Å²) in [6.45, 7) is 3.48. The maximum absolute atomic E-state index is 12.3. The SMILES string of the molecule is CCCc1ccc(NC(=O)N2CCC[C@H](CC(N)=O)C2)cc1. The fourth-order valence-electron chi connectivity index (χ4n) is 2.95. The molecule has 0 saturated carbocycles. The quantitative estimate of drug-likeness (QED) is 0.877. The van der Waals surface area contributed by atoms with E-state index in [2.05, 4.69) is 12.2 Å². The summed E-state index contributed by atoms with van der Waals surface area (Å²) in [7, 11) is 0. The molecule has 1 aromatic carbocycles. The lowest BCUT2D eigenvalue weighted by Crippen LogP contribution is -2.43. The summed E-state index contributed by atoms with van der Waals surface area (Å²) in [4.78, 5) is 25.1. The number of likely N-dealkylation sites (tertiary alicyclic amines) is 1. The molecule has 0 aromatic heterocycles. The van der Waals surface area contributed by atoms with E-state index in [1.165, 1.54) is 5.56 Å². The average molecular weight is 303 g/mol. The second-order valence-electron chi connectivity index (χ2n) is 6.00. The van der Waals surface area contributed by atoms with Crippen molar-refractivity contribution in [2.45, 2.75) is 39.0 Å². The highest BCUT2D eigenvalue weighted by Gasteiger charge is 2.24. The van der Waals surface area contributed by atoms with Crippen molar-refractivity contribution in [2.75, 3.05) is 18.4 Å². The molecule has 120 valence electrons. The third kappa shape index (κ3) is 4.76.